The number of anilines is 1. The number of aryl methyl sites for hydroxylation is 1. The summed E-state index contributed by atoms with van der Waals surface area (Å²) in [4.78, 5) is 16.9. The number of carbonyl (C=O) groups is 1. The Morgan fingerprint density at radius 2 is 2.39 bits per heavy atom. The van der Waals surface area contributed by atoms with E-state index in [2.05, 4.69) is 20.5 Å². The maximum absolute atomic E-state index is 12.5. The van der Waals surface area contributed by atoms with E-state index in [1.807, 2.05) is 29.1 Å². The monoisotopic (exact) mass is 329 g/mol. The van der Waals surface area contributed by atoms with Crippen molar-refractivity contribution in [2.24, 2.45) is 13.0 Å². The van der Waals surface area contributed by atoms with Gasteiger partial charge in [0, 0.05) is 24.3 Å². The lowest BCUT2D eigenvalue weighted by Gasteiger charge is -2.34. The Hall–Kier alpha value is -2.48. The van der Waals surface area contributed by atoms with E-state index < -0.39 is 0 Å². The molecule has 4 rings (SSSR count). The van der Waals surface area contributed by atoms with Gasteiger partial charge in [0.15, 0.2) is 10.9 Å². The average molecular weight is 329 g/mol. The van der Waals surface area contributed by atoms with Gasteiger partial charge in [-0.3, -0.25) is 4.79 Å². The molecule has 3 heterocycles. The van der Waals surface area contributed by atoms with Gasteiger partial charge in [-0.25, -0.2) is 4.98 Å². The van der Waals surface area contributed by atoms with Gasteiger partial charge in [0.25, 0.3) is 0 Å². The predicted molar refractivity (Wildman–Crippen MR) is 84.9 cm³/mol. The van der Waals surface area contributed by atoms with Crippen LogP contribution in [0.2, 0.25) is 0 Å². The number of aromatic nitrogens is 4. The summed E-state index contributed by atoms with van der Waals surface area (Å²) in [6, 6.07) is 3.66. The van der Waals surface area contributed by atoms with Crippen LogP contribution < -0.4 is 5.32 Å². The van der Waals surface area contributed by atoms with Gasteiger partial charge in [0.05, 0.1) is 6.26 Å². The summed E-state index contributed by atoms with van der Waals surface area (Å²) in [5.41, 5.74) is 0.730. The minimum Gasteiger partial charge on any atom is -0.463 e. The van der Waals surface area contributed by atoms with E-state index in [-0.39, 0.29) is 17.7 Å². The van der Waals surface area contributed by atoms with Crippen molar-refractivity contribution in [3.63, 3.8) is 0 Å². The van der Waals surface area contributed by atoms with Crippen molar-refractivity contribution < 1.29 is 9.21 Å². The second-order valence-corrected chi connectivity index (χ2v) is 6.45. The van der Waals surface area contributed by atoms with Gasteiger partial charge >= 0.3 is 0 Å². The fraction of sp³-hybridized carbons (Fsp3) is 0.333. The van der Waals surface area contributed by atoms with Gasteiger partial charge in [-0.05, 0) is 25.0 Å². The van der Waals surface area contributed by atoms with Crippen LogP contribution in [0.15, 0.2) is 34.5 Å². The molecule has 118 valence electrons. The van der Waals surface area contributed by atoms with Crippen LogP contribution in [0.3, 0.4) is 0 Å². The summed E-state index contributed by atoms with van der Waals surface area (Å²) in [6.45, 7) is 0. The van der Waals surface area contributed by atoms with Crippen LogP contribution in [0, 0.1) is 5.92 Å². The number of carbonyl (C=O) groups excluding carboxylic acids is 1. The smallest absolute Gasteiger partial charge is 0.230 e. The molecule has 1 aliphatic rings. The molecule has 3 aromatic heterocycles. The first-order valence-corrected chi connectivity index (χ1v) is 8.24. The van der Waals surface area contributed by atoms with Crippen molar-refractivity contribution in [3.8, 4) is 11.5 Å². The third-order valence-corrected chi connectivity index (χ3v) is 4.95. The quantitative estimate of drug-likeness (QED) is 0.795. The lowest BCUT2D eigenvalue weighted by Crippen LogP contribution is -2.36. The van der Waals surface area contributed by atoms with Crippen molar-refractivity contribution >= 4 is 22.4 Å². The minimum atomic E-state index is -0.0751. The molecule has 23 heavy (non-hydrogen) atoms. The molecular weight excluding hydrogens is 314 g/mol. The first kappa shape index (κ1) is 14.1. The highest BCUT2D eigenvalue weighted by atomic mass is 32.1. The molecule has 1 saturated carbocycles. The van der Waals surface area contributed by atoms with E-state index in [1.54, 1.807) is 12.6 Å². The van der Waals surface area contributed by atoms with Gasteiger partial charge < -0.3 is 14.3 Å². The fourth-order valence-electron chi connectivity index (χ4n) is 2.82. The first-order chi connectivity index (χ1) is 11.2. The maximum Gasteiger partial charge on any atom is 0.230 e. The average Bonchev–Trinajstić information content (AvgIpc) is 3.20. The number of thiazole rings is 1. The number of nitrogens with one attached hydrogen (secondary N) is 1. The molecule has 3 aromatic rings. The topological polar surface area (TPSA) is 85.8 Å². The van der Waals surface area contributed by atoms with Crippen LogP contribution in [0.25, 0.3) is 11.5 Å². The van der Waals surface area contributed by atoms with Gasteiger partial charge in [-0.2, -0.15) is 0 Å². The molecule has 1 N–H and O–H groups in total. The largest absolute Gasteiger partial charge is 0.463 e. The highest BCUT2D eigenvalue weighted by Gasteiger charge is 2.40. The highest BCUT2D eigenvalue weighted by molar-refractivity contribution is 7.14. The maximum atomic E-state index is 12.5. The number of amides is 1. The number of hydrogen-bond donors (Lipinski definition) is 1. The lowest BCUT2D eigenvalue weighted by molar-refractivity contribution is -0.123. The number of hydrogen-bond acceptors (Lipinski definition) is 6. The van der Waals surface area contributed by atoms with Crippen molar-refractivity contribution in [1.82, 2.24) is 19.7 Å². The Balaban J connectivity index is 1.45. The summed E-state index contributed by atoms with van der Waals surface area (Å²) in [5.74, 6) is 1.61. The van der Waals surface area contributed by atoms with Crippen LogP contribution in [0.1, 0.15) is 24.6 Å². The van der Waals surface area contributed by atoms with Gasteiger partial charge in [-0.1, -0.05) is 0 Å². The molecule has 0 saturated heterocycles. The fourth-order valence-corrected chi connectivity index (χ4v) is 3.52. The highest BCUT2D eigenvalue weighted by Crippen LogP contribution is 2.42. The van der Waals surface area contributed by atoms with Crippen LogP contribution in [-0.2, 0) is 11.8 Å². The Morgan fingerprint density at radius 3 is 3.04 bits per heavy atom. The zero-order valence-corrected chi connectivity index (χ0v) is 13.3. The van der Waals surface area contributed by atoms with Crippen molar-refractivity contribution in [1.29, 1.82) is 0 Å². The molecule has 2 atom stereocenters. The van der Waals surface area contributed by atoms with E-state index in [9.17, 15) is 4.79 Å². The standard InChI is InChI=1S/C15H15N5O2S/c1-20-8-16-19-13(20)9-4-5-10(9)14(21)18-15-17-11(7-23-15)12-3-2-6-22-12/h2-3,6-10H,4-5H2,1H3,(H,17,18,21)/t9-,10+/m1/s1. The Morgan fingerprint density at radius 1 is 1.48 bits per heavy atom. The third-order valence-electron chi connectivity index (χ3n) is 4.20. The molecule has 0 bridgehead atoms. The number of furan rings is 1. The summed E-state index contributed by atoms with van der Waals surface area (Å²) < 4.78 is 7.19. The van der Waals surface area contributed by atoms with Crippen LogP contribution in [0.4, 0.5) is 5.13 Å². The van der Waals surface area contributed by atoms with E-state index >= 15 is 0 Å². The number of rotatable bonds is 4. The molecule has 8 heteroatoms. The summed E-state index contributed by atoms with van der Waals surface area (Å²) in [5, 5.41) is 13.4. The molecule has 7 nitrogen and oxygen atoms in total. The van der Waals surface area contributed by atoms with E-state index in [0.717, 1.165) is 24.4 Å². The van der Waals surface area contributed by atoms with Crippen LogP contribution in [-0.4, -0.2) is 25.7 Å². The molecule has 1 fully saturated rings. The zero-order chi connectivity index (χ0) is 15.8. The van der Waals surface area contributed by atoms with Gasteiger partial charge in [0.2, 0.25) is 5.91 Å². The second kappa shape index (κ2) is 5.62. The zero-order valence-electron chi connectivity index (χ0n) is 12.5. The summed E-state index contributed by atoms with van der Waals surface area (Å²) >= 11 is 1.39. The van der Waals surface area contributed by atoms with Crippen LogP contribution in [0.5, 0.6) is 0 Å². The summed E-state index contributed by atoms with van der Waals surface area (Å²) in [6.07, 6.45) is 5.09. The minimum absolute atomic E-state index is 0.00963. The molecule has 0 aromatic carbocycles. The van der Waals surface area contributed by atoms with Crippen molar-refractivity contribution in [2.75, 3.05) is 5.32 Å². The molecule has 0 spiro atoms. The molecule has 1 amide bonds. The molecule has 1 aliphatic carbocycles. The van der Waals surface area contributed by atoms with Gasteiger partial charge in [-0.15, -0.1) is 21.5 Å². The Bertz CT molecular complexity index is 823. The van der Waals surface area contributed by atoms with Crippen LogP contribution >= 0.6 is 11.3 Å². The van der Waals surface area contributed by atoms with E-state index in [0.29, 0.717) is 10.9 Å². The first-order valence-electron chi connectivity index (χ1n) is 7.36. The number of nitrogens with zero attached hydrogens (tertiary/aromatic N) is 4. The SMILES string of the molecule is Cn1cnnc1[C@@H]1CC[C@@H]1C(=O)Nc1nc(-c2ccco2)cs1. The normalized spacial score (nSPS) is 20.2. The summed E-state index contributed by atoms with van der Waals surface area (Å²) in [7, 11) is 1.90. The van der Waals surface area contributed by atoms with Crippen molar-refractivity contribution in [2.45, 2.75) is 18.8 Å². The third kappa shape index (κ3) is 2.55. The molecule has 0 aliphatic heterocycles. The van der Waals surface area contributed by atoms with Gasteiger partial charge in [0.1, 0.15) is 17.8 Å². The van der Waals surface area contributed by atoms with E-state index in [1.165, 1.54) is 11.3 Å². The lowest BCUT2D eigenvalue weighted by atomic mass is 9.72. The Kier molecular flexibility index (Phi) is 3.45. The van der Waals surface area contributed by atoms with Crippen molar-refractivity contribution in [3.05, 3.63) is 35.9 Å². The molecule has 0 unspecified atom stereocenters. The molecule has 0 radical (unpaired) electrons. The van der Waals surface area contributed by atoms with E-state index in [4.69, 9.17) is 4.42 Å². The second-order valence-electron chi connectivity index (χ2n) is 5.59. The molecular formula is C15H15N5O2S. The predicted octanol–water partition coefficient (Wildman–Crippen LogP) is 2.66. The Labute approximate surface area is 136 Å².